The topological polar surface area (TPSA) is 82.3 Å². The Morgan fingerprint density at radius 2 is 2.03 bits per heavy atom. The highest BCUT2D eigenvalue weighted by Crippen LogP contribution is 2.53. The number of aromatic nitrogens is 5. The van der Waals surface area contributed by atoms with Crippen molar-refractivity contribution in [2.24, 2.45) is 5.41 Å². The van der Waals surface area contributed by atoms with Gasteiger partial charge in [-0.3, -0.25) is 10.1 Å². The van der Waals surface area contributed by atoms with E-state index in [1.807, 2.05) is 12.4 Å². The second-order valence-electron chi connectivity index (χ2n) is 8.85. The third-order valence-corrected chi connectivity index (χ3v) is 6.78. The van der Waals surface area contributed by atoms with Crippen LogP contribution in [0.15, 0.2) is 54.9 Å². The quantitative estimate of drug-likeness (QED) is 0.464. The van der Waals surface area contributed by atoms with Gasteiger partial charge in [0.2, 0.25) is 0 Å². The number of allylic oxidation sites excluding steroid dienone is 4. The van der Waals surface area contributed by atoms with Crippen LogP contribution in [0.25, 0.3) is 44.5 Å². The zero-order valence-electron chi connectivity index (χ0n) is 17.1. The van der Waals surface area contributed by atoms with E-state index < -0.39 is 0 Å². The first-order valence-corrected chi connectivity index (χ1v) is 10.9. The Bertz CT molecular complexity index is 1440. The minimum atomic E-state index is 0.318. The van der Waals surface area contributed by atoms with E-state index in [0.717, 1.165) is 53.1 Å². The maximum atomic E-state index is 4.98. The Labute approximate surface area is 179 Å². The second-order valence-corrected chi connectivity index (χ2v) is 8.85. The summed E-state index contributed by atoms with van der Waals surface area (Å²) in [5.41, 5.74) is 9.77. The van der Waals surface area contributed by atoms with Gasteiger partial charge in [-0.15, -0.1) is 0 Å². The van der Waals surface area contributed by atoms with Gasteiger partial charge < -0.3 is 10.3 Å². The van der Waals surface area contributed by atoms with Crippen LogP contribution in [-0.2, 0) is 0 Å². The van der Waals surface area contributed by atoms with E-state index in [1.165, 1.54) is 34.9 Å². The molecule has 0 saturated heterocycles. The number of hydrogen-bond acceptors (Lipinski definition) is 4. The van der Waals surface area contributed by atoms with Crippen LogP contribution in [0.5, 0.6) is 0 Å². The molecule has 31 heavy (non-hydrogen) atoms. The first-order chi connectivity index (χ1) is 15.3. The molecule has 4 aromatic rings. The molecule has 1 fully saturated rings. The molecule has 0 radical (unpaired) electrons. The zero-order valence-corrected chi connectivity index (χ0v) is 17.1. The molecule has 1 spiro atoms. The van der Waals surface area contributed by atoms with Crippen LogP contribution in [0.3, 0.4) is 0 Å². The lowest BCUT2D eigenvalue weighted by Gasteiger charge is -2.13. The average molecular weight is 406 g/mol. The first kappa shape index (κ1) is 17.2. The van der Waals surface area contributed by atoms with Gasteiger partial charge >= 0.3 is 0 Å². The predicted molar refractivity (Wildman–Crippen MR) is 123 cm³/mol. The number of pyridine rings is 2. The van der Waals surface area contributed by atoms with Gasteiger partial charge in [-0.25, -0.2) is 4.98 Å². The number of nitrogens with one attached hydrogen (secondary N) is 3. The van der Waals surface area contributed by atoms with Crippen LogP contribution in [0.1, 0.15) is 30.5 Å². The maximum absolute atomic E-state index is 4.98. The third-order valence-electron chi connectivity index (χ3n) is 6.78. The highest BCUT2D eigenvalue weighted by Gasteiger charge is 2.40. The number of rotatable bonds is 3. The van der Waals surface area contributed by atoms with Gasteiger partial charge in [0.05, 0.1) is 28.6 Å². The zero-order chi connectivity index (χ0) is 20.4. The van der Waals surface area contributed by atoms with Crippen molar-refractivity contribution < 1.29 is 0 Å². The fourth-order valence-corrected chi connectivity index (χ4v) is 4.81. The highest BCUT2D eigenvalue weighted by atomic mass is 15.1. The second kappa shape index (κ2) is 6.25. The standard InChI is InChI=1S/C25H22N6/c1-2-20-23(29-19(1)15-4-9-26-10-5-15)24(31-30-20)21-11-17-18(13-27-14-22(17)28-21)16-3-6-25(12-16)7-8-25/h1-4,6,11-14,26,28H,5,7-10H2,(H,30,31). The molecule has 0 atom stereocenters. The molecular formula is C25H22N6. The normalized spacial score (nSPS) is 19.4. The molecule has 7 rings (SSSR count). The summed E-state index contributed by atoms with van der Waals surface area (Å²) in [6.07, 6.45) is 16.6. The Morgan fingerprint density at radius 3 is 2.87 bits per heavy atom. The number of nitrogens with zero attached hydrogens (tertiary/aromatic N) is 3. The Hall–Kier alpha value is -3.51. The van der Waals surface area contributed by atoms with Crippen LogP contribution < -0.4 is 5.32 Å². The number of hydrogen-bond donors (Lipinski definition) is 3. The van der Waals surface area contributed by atoms with Crippen molar-refractivity contribution in [2.45, 2.75) is 19.3 Å². The summed E-state index contributed by atoms with van der Waals surface area (Å²) in [4.78, 5) is 13.0. The van der Waals surface area contributed by atoms with E-state index >= 15 is 0 Å². The molecular weight excluding hydrogens is 384 g/mol. The van der Waals surface area contributed by atoms with E-state index in [0.29, 0.717) is 5.41 Å². The molecule has 6 heteroatoms. The lowest BCUT2D eigenvalue weighted by Crippen LogP contribution is -2.20. The number of fused-ring (bicyclic) bond motifs is 2. The van der Waals surface area contributed by atoms with E-state index in [4.69, 9.17) is 4.98 Å². The molecule has 4 aromatic heterocycles. The summed E-state index contributed by atoms with van der Waals surface area (Å²) < 4.78 is 0. The molecule has 0 bridgehead atoms. The van der Waals surface area contributed by atoms with Crippen molar-refractivity contribution in [1.29, 1.82) is 0 Å². The predicted octanol–water partition coefficient (Wildman–Crippen LogP) is 4.61. The third kappa shape index (κ3) is 2.72. The molecule has 0 amide bonds. The monoisotopic (exact) mass is 406 g/mol. The molecule has 0 aromatic carbocycles. The highest BCUT2D eigenvalue weighted by molar-refractivity contribution is 6.00. The van der Waals surface area contributed by atoms with Crippen LogP contribution in [0, 0.1) is 5.41 Å². The van der Waals surface area contributed by atoms with Crippen molar-refractivity contribution in [3.63, 3.8) is 0 Å². The van der Waals surface area contributed by atoms with Gasteiger partial charge in [-0.1, -0.05) is 24.3 Å². The summed E-state index contributed by atoms with van der Waals surface area (Å²) in [6, 6.07) is 6.35. The van der Waals surface area contributed by atoms with E-state index in [2.05, 4.69) is 68.0 Å². The summed E-state index contributed by atoms with van der Waals surface area (Å²) in [5.74, 6) is 0. The fraction of sp³-hybridized carbons (Fsp3) is 0.240. The van der Waals surface area contributed by atoms with Crippen LogP contribution in [0.4, 0.5) is 0 Å². The van der Waals surface area contributed by atoms with Crippen molar-refractivity contribution >= 4 is 33.1 Å². The molecule has 6 nitrogen and oxygen atoms in total. The van der Waals surface area contributed by atoms with Crippen molar-refractivity contribution in [1.82, 2.24) is 30.5 Å². The Kier molecular flexibility index (Phi) is 3.47. The minimum absolute atomic E-state index is 0.318. The van der Waals surface area contributed by atoms with Gasteiger partial charge in [0, 0.05) is 29.1 Å². The molecule has 0 unspecified atom stereocenters. The summed E-state index contributed by atoms with van der Waals surface area (Å²) in [5, 5.41) is 12.3. The van der Waals surface area contributed by atoms with E-state index in [-0.39, 0.29) is 0 Å². The molecule has 2 aliphatic carbocycles. The SMILES string of the molecule is C1=CC2(C=C1c1cncc3[nH]c(-c4n[nH]c5ccc(C6=CCNCC6)nc45)cc13)CC2. The van der Waals surface area contributed by atoms with Crippen LogP contribution in [0.2, 0.25) is 0 Å². The lowest BCUT2D eigenvalue weighted by atomic mass is 10.0. The van der Waals surface area contributed by atoms with Gasteiger partial charge in [-0.2, -0.15) is 5.10 Å². The smallest absolute Gasteiger partial charge is 0.135 e. The summed E-state index contributed by atoms with van der Waals surface area (Å²) >= 11 is 0. The van der Waals surface area contributed by atoms with Crippen LogP contribution in [-0.4, -0.2) is 38.2 Å². The van der Waals surface area contributed by atoms with Gasteiger partial charge in [0.1, 0.15) is 11.2 Å². The van der Waals surface area contributed by atoms with Crippen molar-refractivity contribution in [3.8, 4) is 11.4 Å². The fourth-order valence-electron chi connectivity index (χ4n) is 4.81. The lowest BCUT2D eigenvalue weighted by molar-refractivity contribution is 0.737. The summed E-state index contributed by atoms with van der Waals surface area (Å²) in [6.45, 7) is 1.89. The molecule has 5 heterocycles. The minimum Gasteiger partial charge on any atom is -0.352 e. The molecule has 1 aliphatic heterocycles. The van der Waals surface area contributed by atoms with Gasteiger partial charge in [0.15, 0.2) is 0 Å². The summed E-state index contributed by atoms with van der Waals surface area (Å²) in [7, 11) is 0. The maximum Gasteiger partial charge on any atom is 0.135 e. The molecule has 1 saturated carbocycles. The van der Waals surface area contributed by atoms with E-state index in [9.17, 15) is 0 Å². The molecule has 152 valence electrons. The van der Waals surface area contributed by atoms with E-state index in [1.54, 1.807) is 0 Å². The number of H-pyrrole nitrogens is 2. The first-order valence-electron chi connectivity index (χ1n) is 10.9. The van der Waals surface area contributed by atoms with Gasteiger partial charge in [-0.05, 0) is 55.2 Å². The van der Waals surface area contributed by atoms with Crippen molar-refractivity contribution in [2.75, 3.05) is 13.1 Å². The Balaban J connectivity index is 1.35. The molecule has 3 N–H and O–H groups in total. The Morgan fingerprint density at radius 1 is 1.06 bits per heavy atom. The average Bonchev–Trinajstić information content (AvgIpc) is 3.15. The largest absolute Gasteiger partial charge is 0.352 e. The van der Waals surface area contributed by atoms with Crippen molar-refractivity contribution in [3.05, 3.63) is 66.2 Å². The molecule has 3 aliphatic rings. The number of aromatic amines is 2. The van der Waals surface area contributed by atoms with Crippen LogP contribution >= 0.6 is 0 Å². The van der Waals surface area contributed by atoms with Gasteiger partial charge in [0.25, 0.3) is 0 Å².